The lowest BCUT2D eigenvalue weighted by atomic mass is 9.85. The predicted octanol–water partition coefficient (Wildman–Crippen LogP) is 8.55. The van der Waals surface area contributed by atoms with Gasteiger partial charge < -0.3 is 0 Å². The molecule has 0 heterocycles. The first-order chi connectivity index (χ1) is 13.0. The first kappa shape index (κ1) is 24.5. The molecule has 4 heteroatoms. The Morgan fingerprint density at radius 1 is 0.667 bits per heavy atom. The summed E-state index contributed by atoms with van der Waals surface area (Å²) < 4.78 is 36.1. The van der Waals surface area contributed by atoms with Gasteiger partial charge in [0, 0.05) is 6.42 Å². The van der Waals surface area contributed by atoms with E-state index in [4.69, 9.17) is 0 Å². The Morgan fingerprint density at radius 2 is 1.11 bits per heavy atom. The average Bonchev–Trinajstić information content (AvgIpc) is 2.61. The van der Waals surface area contributed by atoms with E-state index in [1.165, 1.54) is 89.9 Å². The number of hydrogen-bond donors (Lipinski definition) is 0. The third-order valence-electron chi connectivity index (χ3n) is 5.94. The minimum atomic E-state index is -4.34. The molecule has 27 heavy (non-hydrogen) atoms. The van der Waals surface area contributed by atoms with Crippen LogP contribution in [0.2, 0.25) is 0 Å². The van der Waals surface area contributed by atoms with E-state index in [1.807, 2.05) is 0 Å². The van der Waals surface area contributed by atoms with Crippen molar-refractivity contribution in [3.8, 4) is 0 Å². The maximum absolute atomic E-state index is 12.0. The topological polar surface area (TPSA) is 17.1 Å². The number of halogens is 3. The molecule has 0 atom stereocenters. The van der Waals surface area contributed by atoms with E-state index in [2.05, 4.69) is 0 Å². The maximum Gasteiger partial charge on any atom is 0.395 e. The molecular formula is C23H41F3O. The fourth-order valence-electron chi connectivity index (χ4n) is 4.31. The summed E-state index contributed by atoms with van der Waals surface area (Å²) in [4.78, 5) is 11.1. The van der Waals surface area contributed by atoms with Crippen LogP contribution in [0.4, 0.5) is 13.2 Å². The van der Waals surface area contributed by atoms with Crippen LogP contribution in [0.25, 0.3) is 0 Å². The summed E-state index contributed by atoms with van der Waals surface area (Å²) >= 11 is 0. The van der Waals surface area contributed by atoms with Crippen LogP contribution in [0, 0.1) is 5.92 Å². The molecule has 0 spiro atoms. The van der Waals surface area contributed by atoms with Crippen molar-refractivity contribution in [3.05, 3.63) is 0 Å². The molecule has 0 unspecified atom stereocenters. The molecule has 0 aromatic carbocycles. The number of carbonyl (C=O) groups excluding carboxylic acids is 1. The van der Waals surface area contributed by atoms with Gasteiger partial charge in [-0.2, -0.15) is 13.2 Å². The van der Waals surface area contributed by atoms with Gasteiger partial charge in [-0.3, -0.25) is 4.79 Å². The molecule has 1 saturated carbocycles. The molecule has 0 aromatic rings. The van der Waals surface area contributed by atoms with Crippen LogP contribution in [0.5, 0.6) is 0 Å². The molecule has 0 bridgehead atoms. The van der Waals surface area contributed by atoms with Crippen molar-refractivity contribution < 1.29 is 18.0 Å². The Kier molecular flexibility index (Phi) is 14.0. The van der Waals surface area contributed by atoms with E-state index >= 15 is 0 Å². The van der Waals surface area contributed by atoms with Gasteiger partial charge in [-0.25, -0.2) is 0 Å². The quantitative estimate of drug-likeness (QED) is 0.241. The highest BCUT2D eigenvalue weighted by atomic mass is 19.4. The molecule has 0 radical (unpaired) electrons. The third kappa shape index (κ3) is 16.1. The van der Waals surface area contributed by atoms with Gasteiger partial charge in [0.2, 0.25) is 0 Å². The van der Waals surface area contributed by atoms with Crippen LogP contribution >= 0.6 is 0 Å². The van der Waals surface area contributed by atoms with Gasteiger partial charge in [0.15, 0.2) is 0 Å². The van der Waals surface area contributed by atoms with Gasteiger partial charge in [0.25, 0.3) is 0 Å². The zero-order chi connectivity index (χ0) is 19.8. The molecule has 1 aliphatic rings. The van der Waals surface area contributed by atoms with Gasteiger partial charge in [-0.1, -0.05) is 109 Å². The fourth-order valence-corrected chi connectivity index (χ4v) is 4.31. The zero-order valence-corrected chi connectivity index (χ0v) is 17.3. The Balaban J connectivity index is 1.73. The molecule has 1 aliphatic carbocycles. The highest BCUT2D eigenvalue weighted by Gasteiger charge is 2.30. The summed E-state index contributed by atoms with van der Waals surface area (Å²) in [5.41, 5.74) is 0. The highest BCUT2D eigenvalue weighted by molar-refractivity contribution is 5.78. The number of unbranched alkanes of at least 4 members (excludes halogenated alkanes) is 11. The second-order valence-electron chi connectivity index (χ2n) is 8.62. The highest BCUT2D eigenvalue weighted by Crippen LogP contribution is 2.28. The van der Waals surface area contributed by atoms with Gasteiger partial charge in [-0.05, 0) is 12.3 Å². The lowest BCUT2D eigenvalue weighted by Gasteiger charge is -2.21. The Morgan fingerprint density at radius 3 is 1.59 bits per heavy atom. The van der Waals surface area contributed by atoms with E-state index in [0.717, 1.165) is 25.2 Å². The van der Waals surface area contributed by atoms with Gasteiger partial charge in [0.1, 0.15) is 12.2 Å². The lowest BCUT2D eigenvalue weighted by molar-refractivity contribution is -0.152. The number of rotatable bonds is 16. The SMILES string of the molecule is O=C(CCCCCCCCCCCCCCC1CCCCC1)CC(F)(F)F. The van der Waals surface area contributed by atoms with E-state index in [-0.39, 0.29) is 6.42 Å². The standard InChI is InChI=1S/C23H41F3O/c24-23(25,26)20-22(27)19-15-10-8-6-4-2-1-3-5-7-9-12-16-21-17-13-11-14-18-21/h21H,1-20H2. The third-order valence-corrected chi connectivity index (χ3v) is 5.94. The molecule has 1 fully saturated rings. The molecular weight excluding hydrogens is 349 g/mol. The van der Waals surface area contributed by atoms with E-state index in [0.29, 0.717) is 6.42 Å². The number of ketones is 1. The average molecular weight is 391 g/mol. The van der Waals surface area contributed by atoms with Crippen LogP contribution in [0.1, 0.15) is 128 Å². The van der Waals surface area contributed by atoms with E-state index < -0.39 is 18.4 Å². The van der Waals surface area contributed by atoms with Crippen molar-refractivity contribution in [3.63, 3.8) is 0 Å². The Hall–Kier alpha value is -0.540. The summed E-state index contributed by atoms with van der Waals surface area (Å²) in [6.07, 6.45) is 17.7. The number of alkyl halides is 3. The smallest absolute Gasteiger partial charge is 0.299 e. The van der Waals surface area contributed by atoms with Crippen LogP contribution in [0.3, 0.4) is 0 Å². The van der Waals surface area contributed by atoms with Gasteiger partial charge >= 0.3 is 6.18 Å². The van der Waals surface area contributed by atoms with Crippen molar-refractivity contribution in [2.24, 2.45) is 5.92 Å². The molecule has 160 valence electrons. The second-order valence-corrected chi connectivity index (χ2v) is 8.62. The lowest BCUT2D eigenvalue weighted by Crippen LogP contribution is -2.14. The molecule has 0 aliphatic heterocycles. The van der Waals surface area contributed by atoms with Crippen molar-refractivity contribution in [2.75, 3.05) is 0 Å². The van der Waals surface area contributed by atoms with E-state index in [1.54, 1.807) is 0 Å². The summed E-state index contributed by atoms with van der Waals surface area (Å²) in [6.45, 7) is 0. The van der Waals surface area contributed by atoms with Crippen molar-refractivity contribution in [1.29, 1.82) is 0 Å². The number of hydrogen-bond acceptors (Lipinski definition) is 1. The van der Waals surface area contributed by atoms with Crippen molar-refractivity contribution >= 4 is 5.78 Å². The summed E-state index contributed by atoms with van der Waals surface area (Å²) in [6, 6.07) is 0. The molecule has 0 N–H and O–H groups in total. The second kappa shape index (κ2) is 15.4. The van der Waals surface area contributed by atoms with Gasteiger partial charge in [-0.15, -0.1) is 0 Å². The summed E-state index contributed by atoms with van der Waals surface area (Å²) in [5.74, 6) is 0.364. The van der Waals surface area contributed by atoms with Crippen molar-refractivity contribution in [2.45, 2.75) is 135 Å². The van der Waals surface area contributed by atoms with E-state index in [9.17, 15) is 18.0 Å². The first-order valence-corrected chi connectivity index (χ1v) is 11.6. The number of Topliss-reactive ketones (excluding diaryl/α,β-unsaturated/α-hetero) is 1. The first-order valence-electron chi connectivity index (χ1n) is 11.6. The molecule has 0 aromatic heterocycles. The summed E-state index contributed by atoms with van der Waals surface area (Å²) in [7, 11) is 0. The molecule has 1 rings (SSSR count). The molecule has 0 saturated heterocycles. The normalized spacial score (nSPS) is 16.0. The van der Waals surface area contributed by atoms with Crippen LogP contribution in [-0.2, 0) is 4.79 Å². The fraction of sp³-hybridized carbons (Fsp3) is 0.957. The largest absolute Gasteiger partial charge is 0.395 e. The molecule has 0 amide bonds. The van der Waals surface area contributed by atoms with Crippen LogP contribution in [-0.4, -0.2) is 12.0 Å². The monoisotopic (exact) mass is 390 g/mol. The number of carbonyl (C=O) groups is 1. The predicted molar refractivity (Wildman–Crippen MR) is 107 cm³/mol. The Bertz CT molecular complexity index is 359. The maximum atomic E-state index is 12.0. The summed E-state index contributed by atoms with van der Waals surface area (Å²) in [5, 5.41) is 0. The van der Waals surface area contributed by atoms with Crippen LogP contribution in [0.15, 0.2) is 0 Å². The minimum Gasteiger partial charge on any atom is -0.299 e. The van der Waals surface area contributed by atoms with Crippen molar-refractivity contribution in [1.82, 2.24) is 0 Å². The Labute approximate surface area is 164 Å². The zero-order valence-electron chi connectivity index (χ0n) is 17.3. The molecule has 1 nitrogen and oxygen atoms in total. The van der Waals surface area contributed by atoms with Gasteiger partial charge in [0.05, 0.1) is 0 Å². The van der Waals surface area contributed by atoms with Crippen LogP contribution < -0.4 is 0 Å². The minimum absolute atomic E-state index is 0.0836.